The van der Waals surface area contributed by atoms with Crippen LogP contribution in [0.2, 0.25) is 0 Å². The maximum Gasteiger partial charge on any atom is 0.255 e. The lowest BCUT2D eigenvalue weighted by atomic mass is 9.87. The average molecular weight is 380 g/mol. The molecule has 3 rings (SSSR count). The van der Waals surface area contributed by atoms with Crippen molar-refractivity contribution in [1.29, 1.82) is 0 Å². The van der Waals surface area contributed by atoms with Gasteiger partial charge in [-0.25, -0.2) is 0 Å². The SMILES string of the molecule is CC(C)(C)c1ccc(C(=O)Nc2ccc(OCCC3CCCCC3)cc2)cc1. The first-order valence-electron chi connectivity index (χ1n) is 10.6. The molecule has 1 aliphatic rings. The van der Waals surface area contributed by atoms with E-state index in [2.05, 4.69) is 26.1 Å². The fourth-order valence-electron chi connectivity index (χ4n) is 3.78. The second-order valence-corrected chi connectivity index (χ2v) is 8.95. The first kappa shape index (κ1) is 20.4. The summed E-state index contributed by atoms with van der Waals surface area (Å²) in [4.78, 5) is 12.5. The second kappa shape index (κ2) is 9.27. The topological polar surface area (TPSA) is 38.3 Å². The minimum absolute atomic E-state index is 0.0851. The number of anilines is 1. The fraction of sp³-hybridized carbons (Fsp3) is 0.480. The van der Waals surface area contributed by atoms with E-state index in [1.54, 1.807) is 0 Å². The zero-order valence-electron chi connectivity index (χ0n) is 17.5. The molecule has 2 aromatic carbocycles. The second-order valence-electron chi connectivity index (χ2n) is 8.95. The molecule has 1 N–H and O–H groups in total. The minimum Gasteiger partial charge on any atom is -0.494 e. The number of carbonyl (C=O) groups excluding carboxylic acids is 1. The highest BCUT2D eigenvalue weighted by Crippen LogP contribution is 2.27. The van der Waals surface area contributed by atoms with E-state index in [1.165, 1.54) is 37.7 Å². The summed E-state index contributed by atoms with van der Waals surface area (Å²) in [6.45, 7) is 7.28. The highest BCUT2D eigenvalue weighted by atomic mass is 16.5. The fourth-order valence-corrected chi connectivity index (χ4v) is 3.78. The van der Waals surface area contributed by atoms with Gasteiger partial charge in [-0.2, -0.15) is 0 Å². The molecular formula is C25H33NO2. The third-order valence-electron chi connectivity index (χ3n) is 5.64. The van der Waals surface area contributed by atoms with Gasteiger partial charge in [0.25, 0.3) is 5.91 Å². The zero-order valence-corrected chi connectivity index (χ0v) is 17.5. The van der Waals surface area contributed by atoms with Gasteiger partial charge in [-0.15, -0.1) is 0 Å². The van der Waals surface area contributed by atoms with Crippen LogP contribution in [-0.2, 0) is 5.41 Å². The summed E-state index contributed by atoms with van der Waals surface area (Å²) in [5, 5.41) is 2.96. The van der Waals surface area contributed by atoms with E-state index in [0.29, 0.717) is 5.56 Å². The molecule has 1 saturated carbocycles. The predicted molar refractivity (Wildman–Crippen MR) is 116 cm³/mol. The molecule has 2 aromatic rings. The van der Waals surface area contributed by atoms with Gasteiger partial charge in [0, 0.05) is 11.3 Å². The molecule has 3 heteroatoms. The maximum absolute atomic E-state index is 12.5. The Morgan fingerprint density at radius 3 is 2.21 bits per heavy atom. The lowest BCUT2D eigenvalue weighted by Gasteiger charge is -2.21. The van der Waals surface area contributed by atoms with Crippen LogP contribution >= 0.6 is 0 Å². The van der Waals surface area contributed by atoms with Crippen molar-refractivity contribution in [2.75, 3.05) is 11.9 Å². The van der Waals surface area contributed by atoms with Crippen molar-refractivity contribution in [3.05, 3.63) is 59.7 Å². The Balaban J connectivity index is 1.48. The van der Waals surface area contributed by atoms with Crippen LogP contribution in [0.15, 0.2) is 48.5 Å². The van der Waals surface area contributed by atoms with Crippen LogP contribution in [-0.4, -0.2) is 12.5 Å². The van der Waals surface area contributed by atoms with E-state index < -0.39 is 0 Å². The van der Waals surface area contributed by atoms with Gasteiger partial charge >= 0.3 is 0 Å². The smallest absolute Gasteiger partial charge is 0.255 e. The molecule has 1 amide bonds. The number of benzene rings is 2. The number of hydrogen-bond donors (Lipinski definition) is 1. The van der Waals surface area contributed by atoms with Crippen molar-refractivity contribution in [3.8, 4) is 5.75 Å². The Morgan fingerprint density at radius 2 is 1.61 bits per heavy atom. The lowest BCUT2D eigenvalue weighted by Crippen LogP contribution is -2.14. The minimum atomic E-state index is -0.0913. The molecule has 0 unspecified atom stereocenters. The van der Waals surface area contributed by atoms with Crippen LogP contribution in [0, 0.1) is 5.92 Å². The van der Waals surface area contributed by atoms with Gasteiger partial charge in [0.1, 0.15) is 5.75 Å². The molecule has 3 nitrogen and oxygen atoms in total. The summed E-state index contributed by atoms with van der Waals surface area (Å²) in [6.07, 6.45) is 7.99. The highest BCUT2D eigenvalue weighted by Gasteiger charge is 2.15. The van der Waals surface area contributed by atoms with Gasteiger partial charge in [-0.1, -0.05) is 65.0 Å². The summed E-state index contributed by atoms with van der Waals surface area (Å²) in [7, 11) is 0. The van der Waals surface area contributed by atoms with Crippen LogP contribution < -0.4 is 10.1 Å². The van der Waals surface area contributed by atoms with E-state index in [-0.39, 0.29) is 11.3 Å². The standard InChI is InChI=1S/C25H33NO2/c1-25(2,3)21-11-9-20(10-12-21)24(27)26-22-13-15-23(16-14-22)28-18-17-19-7-5-4-6-8-19/h9-16,19H,4-8,17-18H2,1-3H3,(H,26,27). The molecule has 1 fully saturated rings. The predicted octanol–water partition coefficient (Wildman–Crippen LogP) is 6.59. The Morgan fingerprint density at radius 1 is 0.964 bits per heavy atom. The van der Waals surface area contributed by atoms with Crippen LogP contribution in [0.25, 0.3) is 0 Å². The molecule has 0 aliphatic heterocycles. The van der Waals surface area contributed by atoms with Crippen molar-refractivity contribution >= 4 is 11.6 Å². The van der Waals surface area contributed by atoms with Crippen molar-refractivity contribution in [3.63, 3.8) is 0 Å². The van der Waals surface area contributed by atoms with Gasteiger partial charge in [-0.05, 0) is 59.7 Å². The number of ether oxygens (including phenoxy) is 1. The molecule has 0 atom stereocenters. The van der Waals surface area contributed by atoms with E-state index >= 15 is 0 Å². The molecule has 0 heterocycles. The number of amides is 1. The molecule has 0 bridgehead atoms. The van der Waals surface area contributed by atoms with Crippen molar-refractivity contribution in [2.24, 2.45) is 5.92 Å². The highest BCUT2D eigenvalue weighted by molar-refractivity contribution is 6.04. The molecule has 28 heavy (non-hydrogen) atoms. The van der Waals surface area contributed by atoms with Crippen molar-refractivity contribution in [1.82, 2.24) is 0 Å². The van der Waals surface area contributed by atoms with Gasteiger partial charge in [0.05, 0.1) is 6.61 Å². The summed E-state index contributed by atoms with van der Waals surface area (Å²) in [6, 6.07) is 15.5. The van der Waals surface area contributed by atoms with Crippen LogP contribution in [0.3, 0.4) is 0 Å². The number of carbonyl (C=O) groups is 1. The van der Waals surface area contributed by atoms with Gasteiger partial charge in [-0.3, -0.25) is 4.79 Å². The molecule has 0 aromatic heterocycles. The molecule has 0 spiro atoms. The van der Waals surface area contributed by atoms with E-state index in [4.69, 9.17) is 4.74 Å². The van der Waals surface area contributed by atoms with Gasteiger partial charge < -0.3 is 10.1 Å². The molecule has 0 radical (unpaired) electrons. The third kappa shape index (κ3) is 5.85. The number of nitrogens with one attached hydrogen (secondary N) is 1. The Hall–Kier alpha value is -2.29. The third-order valence-corrected chi connectivity index (χ3v) is 5.64. The first-order valence-corrected chi connectivity index (χ1v) is 10.6. The largest absolute Gasteiger partial charge is 0.494 e. The summed E-state index contributed by atoms with van der Waals surface area (Å²) >= 11 is 0. The zero-order chi connectivity index (χ0) is 20.0. The molecule has 1 aliphatic carbocycles. The van der Waals surface area contributed by atoms with Crippen LogP contribution in [0.4, 0.5) is 5.69 Å². The van der Waals surface area contributed by atoms with Crippen molar-refractivity contribution in [2.45, 2.75) is 64.7 Å². The monoisotopic (exact) mass is 379 g/mol. The van der Waals surface area contributed by atoms with Crippen molar-refractivity contribution < 1.29 is 9.53 Å². The molecule has 150 valence electrons. The van der Waals surface area contributed by atoms with E-state index in [0.717, 1.165) is 30.4 Å². The number of hydrogen-bond acceptors (Lipinski definition) is 2. The van der Waals surface area contributed by atoms with Crippen LogP contribution in [0.1, 0.15) is 75.2 Å². The molecule has 0 saturated heterocycles. The lowest BCUT2D eigenvalue weighted by molar-refractivity contribution is 0.102. The van der Waals surface area contributed by atoms with E-state index in [1.807, 2.05) is 48.5 Å². The normalized spacial score (nSPS) is 15.2. The Bertz CT molecular complexity index is 751. The van der Waals surface area contributed by atoms with Crippen LogP contribution in [0.5, 0.6) is 5.75 Å². The number of rotatable bonds is 6. The first-order chi connectivity index (χ1) is 13.4. The molecular weight excluding hydrogens is 346 g/mol. The van der Waals surface area contributed by atoms with Gasteiger partial charge in [0.2, 0.25) is 0 Å². The average Bonchev–Trinajstić information content (AvgIpc) is 2.69. The Labute approximate surface area is 169 Å². The summed E-state index contributed by atoms with van der Waals surface area (Å²) < 4.78 is 5.89. The summed E-state index contributed by atoms with van der Waals surface area (Å²) in [5.41, 5.74) is 2.76. The van der Waals surface area contributed by atoms with E-state index in [9.17, 15) is 4.79 Å². The Kier molecular flexibility index (Phi) is 6.77. The quantitative estimate of drug-likeness (QED) is 0.615. The summed E-state index contributed by atoms with van der Waals surface area (Å²) in [5.74, 6) is 1.60. The maximum atomic E-state index is 12.5. The van der Waals surface area contributed by atoms with Gasteiger partial charge in [0.15, 0.2) is 0 Å².